The van der Waals surface area contributed by atoms with E-state index in [9.17, 15) is 5.11 Å². The number of aromatic hydroxyl groups is 1. The lowest BCUT2D eigenvalue weighted by atomic mass is 10.1. The second-order valence-corrected chi connectivity index (χ2v) is 5.56. The fraction of sp³-hybridized carbons (Fsp3) is 0.235. The Labute approximate surface area is 134 Å². The van der Waals surface area contributed by atoms with E-state index in [1.807, 2.05) is 25.1 Å². The largest absolute Gasteiger partial charge is 0.507 e. The molecule has 0 radical (unpaired) electrons. The highest BCUT2D eigenvalue weighted by atomic mass is 35.5. The third-order valence-corrected chi connectivity index (χ3v) is 3.73. The molecule has 0 atom stereocenters. The summed E-state index contributed by atoms with van der Waals surface area (Å²) >= 11 is 5.88. The molecule has 1 N–H and O–H groups in total. The molecular weight excluding hydrogens is 302 g/mol. The van der Waals surface area contributed by atoms with Crippen LogP contribution in [0.2, 0.25) is 5.02 Å². The van der Waals surface area contributed by atoms with Crippen molar-refractivity contribution < 1.29 is 14.6 Å². The molecule has 5 heteroatoms. The van der Waals surface area contributed by atoms with E-state index in [1.54, 1.807) is 12.3 Å². The number of aryl methyl sites for hydroxylation is 1. The normalized spacial score (nSPS) is 13.0. The Hall–Kier alpha value is -2.20. The minimum absolute atomic E-state index is 0.150. The number of phenolic OH excluding ortho intramolecular Hbond substituents is 1. The van der Waals surface area contributed by atoms with Crippen molar-refractivity contribution in [3.05, 3.63) is 52.0 Å². The third-order valence-electron chi connectivity index (χ3n) is 3.52. The first kappa shape index (κ1) is 14.7. The summed E-state index contributed by atoms with van der Waals surface area (Å²) in [6, 6.07) is 9.22. The van der Waals surface area contributed by atoms with Gasteiger partial charge in [0, 0.05) is 23.3 Å². The molecule has 0 amide bonds. The summed E-state index contributed by atoms with van der Waals surface area (Å²) in [5.41, 5.74) is 2.74. The topological polar surface area (TPSA) is 51.1 Å². The van der Waals surface area contributed by atoms with E-state index in [2.05, 4.69) is 4.99 Å². The molecule has 3 rings (SSSR count). The Kier molecular flexibility index (Phi) is 4.20. The van der Waals surface area contributed by atoms with Crippen molar-refractivity contribution in [3.63, 3.8) is 0 Å². The fourth-order valence-corrected chi connectivity index (χ4v) is 2.62. The van der Waals surface area contributed by atoms with E-state index in [-0.39, 0.29) is 12.5 Å². The van der Waals surface area contributed by atoms with E-state index >= 15 is 0 Å². The number of hydrogen-bond acceptors (Lipinski definition) is 4. The summed E-state index contributed by atoms with van der Waals surface area (Å²) < 4.78 is 10.6. The molecule has 0 spiro atoms. The van der Waals surface area contributed by atoms with E-state index in [0.717, 1.165) is 29.0 Å². The molecule has 1 heterocycles. The van der Waals surface area contributed by atoms with E-state index in [1.165, 1.54) is 6.07 Å². The SMILES string of the molecule is Cc1cc(Cl)cc(O)c1C=NCCc1ccc2c(c1)OCO2. The van der Waals surface area contributed by atoms with Crippen molar-refractivity contribution >= 4 is 17.8 Å². The molecule has 1 aliphatic rings. The Morgan fingerprint density at radius 3 is 2.86 bits per heavy atom. The predicted molar refractivity (Wildman–Crippen MR) is 86.6 cm³/mol. The molecule has 0 fully saturated rings. The molecular formula is C17H16ClNO3. The maximum Gasteiger partial charge on any atom is 0.231 e. The number of aliphatic imine (C=N–C) groups is 1. The smallest absolute Gasteiger partial charge is 0.231 e. The van der Waals surface area contributed by atoms with Gasteiger partial charge in [0.25, 0.3) is 0 Å². The monoisotopic (exact) mass is 317 g/mol. The lowest BCUT2D eigenvalue weighted by molar-refractivity contribution is 0.174. The van der Waals surface area contributed by atoms with Gasteiger partial charge in [-0.1, -0.05) is 17.7 Å². The second-order valence-electron chi connectivity index (χ2n) is 5.13. The quantitative estimate of drug-likeness (QED) is 0.874. The van der Waals surface area contributed by atoms with Gasteiger partial charge in [-0.15, -0.1) is 0 Å². The highest BCUT2D eigenvalue weighted by Crippen LogP contribution is 2.32. The first-order valence-electron chi connectivity index (χ1n) is 7.01. The van der Waals surface area contributed by atoms with Gasteiger partial charge in [-0.05, 0) is 48.7 Å². The molecule has 0 bridgehead atoms. The number of hydrogen-bond donors (Lipinski definition) is 1. The molecule has 2 aromatic rings. The van der Waals surface area contributed by atoms with Gasteiger partial charge in [0.2, 0.25) is 6.79 Å². The van der Waals surface area contributed by atoms with Gasteiger partial charge in [-0.3, -0.25) is 4.99 Å². The van der Waals surface area contributed by atoms with Crippen LogP contribution in [0.1, 0.15) is 16.7 Å². The summed E-state index contributed by atoms with van der Waals surface area (Å²) in [4.78, 5) is 4.38. The van der Waals surface area contributed by atoms with Gasteiger partial charge in [0.15, 0.2) is 11.5 Å². The van der Waals surface area contributed by atoms with E-state index < -0.39 is 0 Å². The number of nitrogens with zero attached hydrogens (tertiary/aromatic N) is 1. The average Bonchev–Trinajstić information content (AvgIpc) is 2.93. The zero-order chi connectivity index (χ0) is 15.5. The van der Waals surface area contributed by atoms with Crippen LogP contribution in [0.25, 0.3) is 0 Å². The molecule has 2 aromatic carbocycles. The zero-order valence-corrected chi connectivity index (χ0v) is 12.9. The Morgan fingerprint density at radius 1 is 1.23 bits per heavy atom. The van der Waals surface area contributed by atoms with E-state index in [4.69, 9.17) is 21.1 Å². The molecule has 1 aliphatic heterocycles. The minimum Gasteiger partial charge on any atom is -0.507 e. The Morgan fingerprint density at radius 2 is 2.05 bits per heavy atom. The standard InChI is InChI=1S/C17H16ClNO3/c1-11-6-13(18)8-15(20)14(11)9-19-5-4-12-2-3-16-17(7-12)22-10-21-16/h2-3,6-9,20H,4-5,10H2,1H3. The van der Waals surface area contributed by atoms with Crippen molar-refractivity contribution in [2.45, 2.75) is 13.3 Å². The van der Waals surface area contributed by atoms with Crippen molar-refractivity contribution in [3.8, 4) is 17.2 Å². The third kappa shape index (κ3) is 3.17. The maximum absolute atomic E-state index is 9.89. The zero-order valence-electron chi connectivity index (χ0n) is 12.2. The van der Waals surface area contributed by atoms with Gasteiger partial charge >= 0.3 is 0 Å². The first-order chi connectivity index (χ1) is 10.6. The van der Waals surface area contributed by atoms with Crippen LogP contribution >= 0.6 is 11.6 Å². The van der Waals surface area contributed by atoms with Crippen LogP contribution in [-0.4, -0.2) is 24.7 Å². The molecule has 0 aromatic heterocycles. The van der Waals surface area contributed by atoms with Crippen LogP contribution in [0.5, 0.6) is 17.2 Å². The predicted octanol–water partition coefficient (Wildman–Crippen LogP) is 3.74. The fourth-order valence-electron chi connectivity index (χ4n) is 2.35. The number of ether oxygens (including phenoxy) is 2. The number of fused-ring (bicyclic) bond motifs is 1. The molecule has 114 valence electrons. The van der Waals surface area contributed by atoms with Crippen LogP contribution in [0.3, 0.4) is 0 Å². The van der Waals surface area contributed by atoms with Crippen molar-refractivity contribution in [1.82, 2.24) is 0 Å². The Bertz CT molecular complexity index is 705. The van der Waals surface area contributed by atoms with Crippen LogP contribution in [-0.2, 0) is 6.42 Å². The van der Waals surface area contributed by atoms with Gasteiger partial charge in [-0.25, -0.2) is 0 Å². The van der Waals surface area contributed by atoms with Crippen molar-refractivity contribution in [2.24, 2.45) is 4.99 Å². The summed E-state index contributed by atoms with van der Waals surface area (Å²) in [6.07, 6.45) is 2.48. The van der Waals surface area contributed by atoms with Crippen LogP contribution < -0.4 is 9.47 Å². The average molecular weight is 318 g/mol. The lowest BCUT2D eigenvalue weighted by Crippen LogP contribution is -1.94. The van der Waals surface area contributed by atoms with Crippen LogP contribution in [0.4, 0.5) is 0 Å². The summed E-state index contributed by atoms with van der Waals surface area (Å²) in [7, 11) is 0. The molecule has 4 nitrogen and oxygen atoms in total. The first-order valence-corrected chi connectivity index (χ1v) is 7.39. The second kappa shape index (κ2) is 6.28. The number of phenols is 1. The van der Waals surface area contributed by atoms with E-state index in [0.29, 0.717) is 17.1 Å². The molecule has 0 saturated heterocycles. The molecule has 22 heavy (non-hydrogen) atoms. The van der Waals surface area contributed by atoms with Gasteiger partial charge < -0.3 is 14.6 Å². The highest BCUT2D eigenvalue weighted by molar-refractivity contribution is 6.30. The summed E-state index contributed by atoms with van der Waals surface area (Å²) in [5.74, 6) is 1.72. The lowest BCUT2D eigenvalue weighted by Gasteiger charge is -2.04. The summed E-state index contributed by atoms with van der Waals surface area (Å²) in [6.45, 7) is 2.80. The molecule has 0 saturated carbocycles. The van der Waals surface area contributed by atoms with Crippen LogP contribution in [0.15, 0.2) is 35.3 Å². The Balaban J connectivity index is 1.63. The number of rotatable bonds is 4. The highest BCUT2D eigenvalue weighted by Gasteiger charge is 2.12. The number of halogens is 1. The van der Waals surface area contributed by atoms with Gasteiger partial charge in [0.05, 0.1) is 0 Å². The maximum atomic E-state index is 9.89. The molecule has 0 unspecified atom stereocenters. The minimum atomic E-state index is 0.150. The van der Waals surface area contributed by atoms with Gasteiger partial charge in [-0.2, -0.15) is 0 Å². The number of benzene rings is 2. The van der Waals surface area contributed by atoms with Crippen molar-refractivity contribution in [1.29, 1.82) is 0 Å². The van der Waals surface area contributed by atoms with Crippen molar-refractivity contribution in [2.75, 3.05) is 13.3 Å². The van der Waals surface area contributed by atoms with Gasteiger partial charge in [0.1, 0.15) is 5.75 Å². The van der Waals surface area contributed by atoms with Crippen LogP contribution in [0, 0.1) is 6.92 Å². The summed E-state index contributed by atoms with van der Waals surface area (Å²) in [5, 5.41) is 10.4. The molecule has 0 aliphatic carbocycles.